The summed E-state index contributed by atoms with van der Waals surface area (Å²) in [5.41, 5.74) is 19.3. The van der Waals surface area contributed by atoms with E-state index in [1.807, 2.05) is 25.1 Å². The predicted molar refractivity (Wildman–Crippen MR) is 115 cm³/mol. The molecule has 2 atom stereocenters. The van der Waals surface area contributed by atoms with Gasteiger partial charge in [0.05, 0.1) is 5.54 Å². The third-order valence-corrected chi connectivity index (χ3v) is 5.37. The van der Waals surface area contributed by atoms with Gasteiger partial charge in [-0.2, -0.15) is 0 Å². The Labute approximate surface area is 160 Å². The SMILES string of the molecule is CC1(N)C(c2ccccc2-c2ccccc2-c2ccccc2)=CC=CC1N. The number of hydrogen-bond acceptors (Lipinski definition) is 2. The van der Waals surface area contributed by atoms with E-state index in [-0.39, 0.29) is 6.04 Å². The largest absolute Gasteiger partial charge is 0.323 e. The van der Waals surface area contributed by atoms with E-state index in [0.29, 0.717) is 0 Å². The van der Waals surface area contributed by atoms with E-state index in [0.717, 1.165) is 11.1 Å². The van der Waals surface area contributed by atoms with Crippen LogP contribution in [0.15, 0.2) is 97.1 Å². The van der Waals surface area contributed by atoms with Gasteiger partial charge in [-0.15, -0.1) is 0 Å². The molecule has 3 aromatic rings. The van der Waals surface area contributed by atoms with Crippen molar-refractivity contribution in [3.8, 4) is 22.3 Å². The van der Waals surface area contributed by atoms with Crippen molar-refractivity contribution in [2.24, 2.45) is 11.5 Å². The summed E-state index contributed by atoms with van der Waals surface area (Å²) in [4.78, 5) is 0. The highest BCUT2D eigenvalue weighted by atomic mass is 14.8. The lowest BCUT2D eigenvalue weighted by Crippen LogP contribution is -2.53. The molecule has 2 unspecified atom stereocenters. The van der Waals surface area contributed by atoms with Gasteiger partial charge in [0, 0.05) is 6.04 Å². The Balaban J connectivity index is 1.92. The van der Waals surface area contributed by atoms with E-state index >= 15 is 0 Å². The van der Waals surface area contributed by atoms with Gasteiger partial charge in [0.15, 0.2) is 0 Å². The molecule has 0 saturated heterocycles. The van der Waals surface area contributed by atoms with Crippen LogP contribution in [0.3, 0.4) is 0 Å². The molecule has 134 valence electrons. The van der Waals surface area contributed by atoms with E-state index in [1.165, 1.54) is 22.3 Å². The van der Waals surface area contributed by atoms with E-state index in [1.54, 1.807) is 0 Å². The fourth-order valence-corrected chi connectivity index (χ4v) is 3.75. The number of hydrogen-bond donors (Lipinski definition) is 2. The van der Waals surface area contributed by atoms with Crippen LogP contribution in [-0.2, 0) is 0 Å². The third-order valence-electron chi connectivity index (χ3n) is 5.37. The molecule has 1 aliphatic carbocycles. The van der Waals surface area contributed by atoms with Gasteiger partial charge < -0.3 is 11.5 Å². The molecule has 0 aromatic heterocycles. The zero-order chi connectivity index (χ0) is 18.9. The van der Waals surface area contributed by atoms with Crippen LogP contribution in [-0.4, -0.2) is 11.6 Å². The van der Waals surface area contributed by atoms with Crippen LogP contribution in [0.2, 0.25) is 0 Å². The average molecular weight is 352 g/mol. The molecule has 1 aliphatic rings. The van der Waals surface area contributed by atoms with Crippen LogP contribution in [0.4, 0.5) is 0 Å². The highest BCUT2D eigenvalue weighted by molar-refractivity contribution is 5.92. The second-order valence-corrected chi connectivity index (χ2v) is 7.23. The predicted octanol–water partition coefficient (Wildman–Crippen LogP) is 5.02. The summed E-state index contributed by atoms with van der Waals surface area (Å²) >= 11 is 0. The lowest BCUT2D eigenvalue weighted by Gasteiger charge is -2.35. The first-order valence-corrected chi connectivity index (χ1v) is 9.26. The second-order valence-electron chi connectivity index (χ2n) is 7.23. The average Bonchev–Trinajstić information content (AvgIpc) is 2.71. The maximum Gasteiger partial charge on any atom is 0.0576 e. The molecular formula is C25H24N2. The zero-order valence-corrected chi connectivity index (χ0v) is 15.5. The Morgan fingerprint density at radius 1 is 0.704 bits per heavy atom. The van der Waals surface area contributed by atoms with Crippen LogP contribution in [0, 0.1) is 0 Å². The van der Waals surface area contributed by atoms with Crippen LogP contribution in [0.1, 0.15) is 12.5 Å². The van der Waals surface area contributed by atoms with Crippen molar-refractivity contribution < 1.29 is 0 Å². The Hall–Kier alpha value is -2.94. The van der Waals surface area contributed by atoms with Crippen molar-refractivity contribution in [1.82, 2.24) is 0 Å². The molecule has 27 heavy (non-hydrogen) atoms. The minimum absolute atomic E-state index is 0.213. The maximum absolute atomic E-state index is 6.65. The molecule has 2 nitrogen and oxygen atoms in total. The molecule has 0 amide bonds. The quantitative estimate of drug-likeness (QED) is 0.695. The topological polar surface area (TPSA) is 52.0 Å². The van der Waals surface area contributed by atoms with Crippen molar-refractivity contribution in [2.45, 2.75) is 18.5 Å². The molecule has 4 rings (SSSR count). The number of nitrogens with two attached hydrogens (primary N) is 2. The molecule has 2 heteroatoms. The standard InChI is InChI=1S/C25H24N2/c1-25(27)23(16-9-17-24(25)26)22-15-8-7-14-21(22)20-13-6-5-12-19(20)18-10-3-2-4-11-18/h2-17,24H,26-27H2,1H3. The molecule has 0 radical (unpaired) electrons. The van der Waals surface area contributed by atoms with Gasteiger partial charge in [-0.05, 0) is 40.3 Å². The number of benzene rings is 3. The third kappa shape index (κ3) is 3.14. The van der Waals surface area contributed by atoms with E-state index in [9.17, 15) is 0 Å². The Bertz CT molecular complexity index is 1010. The first-order valence-electron chi connectivity index (χ1n) is 9.26. The monoisotopic (exact) mass is 352 g/mol. The molecule has 3 aromatic carbocycles. The molecular weight excluding hydrogens is 328 g/mol. The van der Waals surface area contributed by atoms with Crippen LogP contribution in [0.25, 0.3) is 27.8 Å². The van der Waals surface area contributed by atoms with Crippen molar-refractivity contribution in [1.29, 1.82) is 0 Å². The molecule has 0 saturated carbocycles. The second kappa shape index (κ2) is 6.99. The summed E-state index contributed by atoms with van der Waals surface area (Å²) in [6, 6.07) is 27.2. The first-order chi connectivity index (χ1) is 13.1. The minimum Gasteiger partial charge on any atom is -0.323 e. The Morgan fingerprint density at radius 3 is 1.89 bits per heavy atom. The smallest absolute Gasteiger partial charge is 0.0576 e. The zero-order valence-electron chi connectivity index (χ0n) is 15.5. The summed E-state index contributed by atoms with van der Waals surface area (Å²) in [5, 5.41) is 0. The molecule has 0 bridgehead atoms. The maximum atomic E-state index is 6.65. The van der Waals surface area contributed by atoms with Crippen molar-refractivity contribution >= 4 is 5.57 Å². The van der Waals surface area contributed by atoms with Gasteiger partial charge in [-0.25, -0.2) is 0 Å². The van der Waals surface area contributed by atoms with Crippen LogP contribution in [0.5, 0.6) is 0 Å². The summed E-state index contributed by atoms with van der Waals surface area (Å²) in [7, 11) is 0. The molecule has 4 N–H and O–H groups in total. The lowest BCUT2D eigenvalue weighted by atomic mass is 9.76. The molecule has 0 spiro atoms. The van der Waals surface area contributed by atoms with Crippen molar-refractivity contribution in [3.63, 3.8) is 0 Å². The van der Waals surface area contributed by atoms with Gasteiger partial charge in [0.2, 0.25) is 0 Å². The molecule has 0 aliphatic heterocycles. The van der Waals surface area contributed by atoms with Gasteiger partial charge in [-0.3, -0.25) is 0 Å². The number of rotatable bonds is 3. The van der Waals surface area contributed by atoms with Crippen LogP contribution >= 0.6 is 0 Å². The van der Waals surface area contributed by atoms with E-state index in [2.05, 4.69) is 78.9 Å². The fraction of sp³-hybridized carbons (Fsp3) is 0.120. The lowest BCUT2D eigenvalue weighted by molar-refractivity contribution is 0.532. The normalized spacial score (nSPS) is 21.7. The Morgan fingerprint density at radius 2 is 1.22 bits per heavy atom. The van der Waals surface area contributed by atoms with E-state index in [4.69, 9.17) is 11.5 Å². The van der Waals surface area contributed by atoms with Gasteiger partial charge in [0.1, 0.15) is 0 Å². The number of allylic oxidation sites excluding steroid dienone is 2. The van der Waals surface area contributed by atoms with Crippen LogP contribution < -0.4 is 11.5 Å². The molecule has 0 heterocycles. The Kier molecular flexibility index (Phi) is 4.53. The minimum atomic E-state index is -0.619. The summed E-state index contributed by atoms with van der Waals surface area (Å²) in [6.07, 6.45) is 6.06. The fourth-order valence-electron chi connectivity index (χ4n) is 3.75. The van der Waals surface area contributed by atoms with Crippen molar-refractivity contribution in [2.75, 3.05) is 0 Å². The van der Waals surface area contributed by atoms with E-state index < -0.39 is 5.54 Å². The van der Waals surface area contributed by atoms with Gasteiger partial charge in [-0.1, -0.05) is 97.1 Å². The van der Waals surface area contributed by atoms with Gasteiger partial charge >= 0.3 is 0 Å². The van der Waals surface area contributed by atoms with Gasteiger partial charge in [0.25, 0.3) is 0 Å². The highest BCUT2D eigenvalue weighted by Gasteiger charge is 2.33. The summed E-state index contributed by atoms with van der Waals surface area (Å²) < 4.78 is 0. The first kappa shape index (κ1) is 17.5. The summed E-state index contributed by atoms with van der Waals surface area (Å²) in [6.45, 7) is 2.01. The highest BCUT2D eigenvalue weighted by Crippen LogP contribution is 2.40. The summed E-state index contributed by atoms with van der Waals surface area (Å²) in [5.74, 6) is 0. The molecule has 0 fully saturated rings. The van der Waals surface area contributed by atoms with Crippen molar-refractivity contribution in [3.05, 3.63) is 103 Å².